The highest BCUT2D eigenvalue weighted by molar-refractivity contribution is 7.09. The van der Waals surface area contributed by atoms with Crippen LogP contribution in [0.5, 0.6) is 0 Å². The summed E-state index contributed by atoms with van der Waals surface area (Å²) in [5, 5.41) is 3.14. The van der Waals surface area contributed by atoms with Crippen molar-refractivity contribution in [3.8, 4) is 0 Å². The zero-order valence-electron chi connectivity index (χ0n) is 13.8. The molecule has 3 aromatic heterocycles. The number of hydrogen-bond acceptors (Lipinski definition) is 6. The number of H-pyrrole nitrogens is 2. The van der Waals surface area contributed by atoms with Crippen LogP contribution in [0, 0.1) is 6.92 Å². The lowest BCUT2D eigenvalue weighted by Crippen LogP contribution is -2.33. The molecule has 1 amide bonds. The van der Waals surface area contributed by atoms with Crippen molar-refractivity contribution in [3.63, 3.8) is 0 Å². The molecule has 0 aliphatic rings. The lowest BCUT2D eigenvalue weighted by Gasteiger charge is -2.20. The Hall–Kier alpha value is -2.81. The number of thiazole rings is 1. The number of likely N-dealkylation sites (N-methyl/N-ethyl adjacent to an activating group) is 1. The van der Waals surface area contributed by atoms with Gasteiger partial charge in [0.25, 0.3) is 11.5 Å². The van der Waals surface area contributed by atoms with E-state index >= 15 is 0 Å². The molecule has 0 aliphatic heterocycles. The van der Waals surface area contributed by atoms with E-state index in [2.05, 4.69) is 19.9 Å². The number of carbonyl (C=O) groups is 1. The normalized spacial score (nSPS) is 11.0. The molecule has 3 rings (SSSR count). The third-order valence-electron chi connectivity index (χ3n) is 3.87. The maximum absolute atomic E-state index is 12.8. The van der Waals surface area contributed by atoms with Crippen molar-refractivity contribution < 1.29 is 4.79 Å². The molecule has 0 saturated carbocycles. The largest absolute Gasteiger partial charge is 0.337 e. The molecule has 0 spiro atoms. The molecular formula is C16H17N5O3S. The van der Waals surface area contributed by atoms with Crippen LogP contribution in [0.25, 0.3) is 11.0 Å². The summed E-state index contributed by atoms with van der Waals surface area (Å²) in [4.78, 5) is 50.9. The van der Waals surface area contributed by atoms with Gasteiger partial charge in [-0.3, -0.25) is 19.6 Å². The number of pyridine rings is 1. The van der Waals surface area contributed by atoms with Crippen LogP contribution in [0.1, 0.15) is 28.0 Å². The average molecular weight is 359 g/mol. The maximum Gasteiger partial charge on any atom is 0.327 e. The smallest absolute Gasteiger partial charge is 0.327 e. The minimum Gasteiger partial charge on any atom is -0.337 e. The zero-order chi connectivity index (χ0) is 18.0. The Bertz CT molecular complexity index is 1020. The molecule has 0 atom stereocenters. The summed E-state index contributed by atoms with van der Waals surface area (Å²) in [6, 6.07) is 1.57. The monoisotopic (exact) mass is 359 g/mol. The highest BCUT2D eigenvalue weighted by atomic mass is 32.1. The van der Waals surface area contributed by atoms with Crippen LogP contribution in [-0.2, 0) is 6.42 Å². The van der Waals surface area contributed by atoms with Crippen molar-refractivity contribution in [2.75, 3.05) is 13.1 Å². The van der Waals surface area contributed by atoms with Gasteiger partial charge in [0.2, 0.25) is 0 Å². The van der Waals surface area contributed by atoms with Crippen molar-refractivity contribution in [2.45, 2.75) is 20.3 Å². The van der Waals surface area contributed by atoms with E-state index in [1.807, 2.05) is 12.3 Å². The first kappa shape index (κ1) is 17.0. The topological polar surface area (TPSA) is 112 Å². The number of aromatic amines is 2. The number of hydrogen-bond donors (Lipinski definition) is 2. The molecule has 3 heterocycles. The standard InChI is InChI=1S/C16H17N5O3S/c1-3-21(6-4-11-17-5-7-25-11)15(23)10-8-9(2)12-13(18-10)19-16(24)20-14(12)22/h5,7-8H,3-4,6H2,1-2H3,(H2,18,19,20,22,24). The van der Waals surface area contributed by atoms with Gasteiger partial charge in [-0.15, -0.1) is 11.3 Å². The van der Waals surface area contributed by atoms with Crippen LogP contribution in [0.3, 0.4) is 0 Å². The molecule has 0 fully saturated rings. The summed E-state index contributed by atoms with van der Waals surface area (Å²) in [5.74, 6) is -0.245. The van der Waals surface area contributed by atoms with Gasteiger partial charge in [-0.25, -0.2) is 14.8 Å². The highest BCUT2D eigenvalue weighted by Crippen LogP contribution is 2.13. The second kappa shape index (κ2) is 6.98. The van der Waals surface area contributed by atoms with Crippen LogP contribution >= 0.6 is 11.3 Å². The molecule has 130 valence electrons. The first-order valence-corrected chi connectivity index (χ1v) is 8.69. The number of aryl methyl sites for hydroxylation is 1. The van der Waals surface area contributed by atoms with Gasteiger partial charge in [0.05, 0.1) is 10.4 Å². The van der Waals surface area contributed by atoms with Crippen LogP contribution in [-0.4, -0.2) is 43.8 Å². The quantitative estimate of drug-likeness (QED) is 0.708. The summed E-state index contributed by atoms with van der Waals surface area (Å²) in [7, 11) is 0. The van der Waals surface area contributed by atoms with E-state index in [4.69, 9.17) is 0 Å². The first-order chi connectivity index (χ1) is 12.0. The average Bonchev–Trinajstić information content (AvgIpc) is 3.07. The zero-order valence-corrected chi connectivity index (χ0v) is 14.6. The van der Waals surface area contributed by atoms with Crippen LogP contribution in [0.15, 0.2) is 27.2 Å². The molecule has 0 saturated heterocycles. The van der Waals surface area contributed by atoms with Gasteiger partial charge in [0, 0.05) is 31.1 Å². The van der Waals surface area contributed by atoms with Crippen molar-refractivity contribution in [1.29, 1.82) is 0 Å². The molecule has 0 radical (unpaired) electrons. The number of aromatic nitrogens is 4. The maximum atomic E-state index is 12.8. The molecule has 0 aliphatic carbocycles. The van der Waals surface area contributed by atoms with E-state index in [1.165, 1.54) is 0 Å². The second-order valence-corrected chi connectivity index (χ2v) is 6.50. The fourth-order valence-electron chi connectivity index (χ4n) is 2.64. The summed E-state index contributed by atoms with van der Waals surface area (Å²) in [6.07, 6.45) is 2.40. The summed E-state index contributed by atoms with van der Waals surface area (Å²) >= 11 is 1.55. The van der Waals surface area contributed by atoms with Crippen molar-refractivity contribution in [1.82, 2.24) is 24.8 Å². The Balaban J connectivity index is 1.92. The van der Waals surface area contributed by atoms with Gasteiger partial charge < -0.3 is 4.90 Å². The molecule has 0 unspecified atom stereocenters. The van der Waals surface area contributed by atoms with Crippen molar-refractivity contribution in [3.05, 3.63) is 54.7 Å². The van der Waals surface area contributed by atoms with E-state index in [0.717, 1.165) is 5.01 Å². The number of fused-ring (bicyclic) bond motifs is 1. The fourth-order valence-corrected chi connectivity index (χ4v) is 3.25. The number of nitrogens with one attached hydrogen (secondary N) is 2. The predicted octanol–water partition coefficient (Wildman–Crippen LogP) is 1.08. The predicted molar refractivity (Wildman–Crippen MR) is 95.1 cm³/mol. The summed E-state index contributed by atoms with van der Waals surface area (Å²) < 4.78 is 0. The molecular weight excluding hydrogens is 342 g/mol. The van der Waals surface area contributed by atoms with E-state index in [-0.39, 0.29) is 22.6 Å². The lowest BCUT2D eigenvalue weighted by atomic mass is 10.1. The summed E-state index contributed by atoms with van der Waals surface area (Å²) in [5.41, 5.74) is -0.258. The lowest BCUT2D eigenvalue weighted by molar-refractivity contribution is 0.0760. The molecule has 3 aromatic rings. The van der Waals surface area contributed by atoms with Crippen LogP contribution in [0.2, 0.25) is 0 Å². The van der Waals surface area contributed by atoms with Gasteiger partial charge in [-0.1, -0.05) is 0 Å². The Morgan fingerprint density at radius 1 is 1.32 bits per heavy atom. The van der Waals surface area contributed by atoms with Gasteiger partial charge >= 0.3 is 5.69 Å². The third-order valence-corrected chi connectivity index (χ3v) is 4.71. The van der Waals surface area contributed by atoms with Gasteiger partial charge in [0.15, 0.2) is 0 Å². The second-order valence-electron chi connectivity index (χ2n) is 5.52. The SMILES string of the molecule is CCN(CCc1nccs1)C(=O)c1cc(C)c2c(=O)[nH]c(=O)[nH]c2n1. The van der Waals surface area contributed by atoms with Crippen molar-refractivity contribution in [2.24, 2.45) is 0 Å². The van der Waals surface area contributed by atoms with E-state index in [0.29, 0.717) is 25.1 Å². The van der Waals surface area contributed by atoms with E-state index in [1.54, 1.807) is 35.4 Å². The number of nitrogens with zero attached hydrogens (tertiary/aromatic N) is 3. The number of amides is 1. The first-order valence-electron chi connectivity index (χ1n) is 7.81. The van der Waals surface area contributed by atoms with Crippen molar-refractivity contribution >= 4 is 28.3 Å². The van der Waals surface area contributed by atoms with Crippen LogP contribution < -0.4 is 11.2 Å². The fraction of sp³-hybridized carbons (Fsp3) is 0.312. The molecule has 9 heteroatoms. The van der Waals surface area contributed by atoms with Gasteiger partial charge in [-0.05, 0) is 25.5 Å². The Morgan fingerprint density at radius 3 is 2.80 bits per heavy atom. The minimum absolute atomic E-state index is 0.119. The molecule has 2 N–H and O–H groups in total. The number of rotatable bonds is 5. The minimum atomic E-state index is -0.648. The Labute approximate surface area is 146 Å². The van der Waals surface area contributed by atoms with Crippen LogP contribution in [0.4, 0.5) is 0 Å². The van der Waals surface area contributed by atoms with Gasteiger partial charge in [-0.2, -0.15) is 0 Å². The Kier molecular flexibility index (Phi) is 4.75. The number of carbonyl (C=O) groups excluding carboxylic acids is 1. The van der Waals surface area contributed by atoms with E-state index in [9.17, 15) is 14.4 Å². The molecule has 0 bridgehead atoms. The Morgan fingerprint density at radius 2 is 2.12 bits per heavy atom. The van der Waals surface area contributed by atoms with E-state index < -0.39 is 11.2 Å². The highest BCUT2D eigenvalue weighted by Gasteiger charge is 2.18. The molecule has 25 heavy (non-hydrogen) atoms. The molecule has 0 aromatic carbocycles. The molecule has 8 nitrogen and oxygen atoms in total. The third kappa shape index (κ3) is 3.50. The van der Waals surface area contributed by atoms with Gasteiger partial charge in [0.1, 0.15) is 11.3 Å². The summed E-state index contributed by atoms with van der Waals surface area (Å²) in [6.45, 7) is 4.64.